The number of benzene rings is 1. The van der Waals surface area contributed by atoms with Crippen LogP contribution in [0.15, 0.2) is 35.3 Å². The minimum atomic E-state index is -0.753. The normalized spacial score (nSPS) is 20.8. The highest BCUT2D eigenvalue weighted by Crippen LogP contribution is 2.30. The van der Waals surface area contributed by atoms with Gasteiger partial charge < -0.3 is 9.47 Å². The zero-order valence-electron chi connectivity index (χ0n) is 15.8. The van der Waals surface area contributed by atoms with Crippen molar-refractivity contribution in [2.45, 2.75) is 52.7 Å². The van der Waals surface area contributed by atoms with E-state index in [0.29, 0.717) is 5.71 Å². The van der Waals surface area contributed by atoms with Crippen LogP contribution in [0, 0.1) is 11.8 Å². The zero-order valence-corrected chi connectivity index (χ0v) is 15.8. The SMILES string of the molecule is CC(C)(C)OC(=O)[C@@H]1C(c2ccccc2)=NC[C@H]1C(=O)OC(C)(C)C. The fourth-order valence-electron chi connectivity index (χ4n) is 2.70. The quantitative estimate of drug-likeness (QED) is 0.788. The highest BCUT2D eigenvalue weighted by atomic mass is 16.6. The van der Waals surface area contributed by atoms with E-state index in [1.54, 1.807) is 20.8 Å². The fraction of sp³-hybridized carbons (Fsp3) is 0.550. The molecule has 1 heterocycles. The molecular formula is C20H27NO4. The molecular weight excluding hydrogens is 318 g/mol. The average molecular weight is 345 g/mol. The molecule has 2 rings (SSSR count). The van der Waals surface area contributed by atoms with E-state index < -0.39 is 35.0 Å². The first kappa shape index (κ1) is 19.2. The maximum absolute atomic E-state index is 12.8. The summed E-state index contributed by atoms with van der Waals surface area (Å²) >= 11 is 0. The van der Waals surface area contributed by atoms with Crippen molar-refractivity contribution in [3.05, 3.63) is 35.9 Å². The number of carbonyl (C=O) groups is 2. The molecule has 1 aromatic carbocycles. The maximum Gasteiger partial charge on any atom is 0.316 e. The molecule has 0 amide bonds. The molecule has 0 fully saturated rings. The minimum Gasteiger partial charge on any atom is -0.460 e. The molecule has 0 N–H and O–H groups in total. The average Bonchev–Trinajstić information content (AvgIpc) is 2.89. The predicted octanol–water partition coefficient (Wildman–Crippen LogP) is 3.41. The summed E-state index contributed by atoms with van der Waals surface area (Å²) in [7, 11) is 0. The second-order valence-electron chi connectivity index (χ2n) is 8.24. The van der Waals surface area contributed by atoms with Crippen LogP contribution in [-0.4, -0.2) is 35.4 Å². The van der Waals surface area contributed by atoms with Crippen LogP contribution in [0.5, 0.6) is 0 Å². The van der Waals surface area contributed by atoms with Crippen LogP contribution < -0.4 is 0 Å². The molecule has 136 valence electrons. The Balaban J connectivity index is 2.32. The van der Waals surface area contributed by atoms with Gasteiger partial charge in [-0.3, -0.25) is 14.6 Å². The Hall–Kier alpha value is -2.17. The number of hydrogen-bond acceptors (Lipinski definition) is 5. The van der Waals surface area contributed by atoms with E-state index in [-0.39, 0.29) is 6.54 Å². The number of nitrogens with zero attached hydrogens (tertiary/aromatic N) is 1. The van der Waals surface area contributed by atoms with Crippen LogP contribution in [0.1, 0.15) is 47.1 Å². The number of ether oxygens (including phenoxy) is 2. The Kier molecular flexibility index (Phi) is 5.35. The molecule has 0 saturated heterocycles. The molecule has 0 aliphatic carbocycles. The Labute approximate surface area is 149 Å². The van der Waals surface area contributed by atoms with Gasteiger partial charge in [-0.15, -0.1) is 0 Å². The zero-order chi connectivity index (χ0) is 18.8. The topological polar surface area (TPSA) is 65.0 Å². The number of carbonyl (C=O) groups excluding carboxylic acids is 2. The van der Waals surface area contributed by atoms with Crippen LogP contribution in [-0.2, 0) is 19.1 Å². The third-order valence-corrected chi connectivity index (χ3v) is 3.60. The van der Waals surface area contributed by atoms with Gasteiger partial charge in [-0.05, 0) is 47.1 Å². The first-order chi connectivity index (χ1) is 11.5. The molecule has 5 nitrogen and oxygen atoms in total. The molecule has 2 atom stereocenters. The van der Waals surface area contributed by atoms with E-state index in [9.17, 15) is 9.59 Å². The number of hydrogen-bond donors (Lipinski definition) is 0. The van der Waals surface area contributed by atoms with Gasteiger partial charge in [0.15, 0.2) is 0 Å². The summed E-state index contributed by atoms with van der Waals surface area (Å²) < 4.78 is 11.1. The van der Waals surface area contributed by atoms with Crippen molar-refractivity contribution in [3.8, 4) is 0 Å². The molecule has 1 aliphatic rings. The summed E-state index contributed by atoms with van der Waals surface area (Å²) in [5.41, 5.74) is 0.153. The van der Waals surface area contributed by atoms with Crippen molar-refractivity contribution in [2.24, 2.45) is 16.8 Å². The van der Waals surface area contributed by atoms with Crippen LogP contribution >= 0.6 is 0 Å². The predicted molar refractivity (Wildman–Crippen MR) is 96.5 cm³/mol. The van der Waals surface area contributed by atoms with Gasteiger partial charge in [0.25, 0.3) is 0 Å². The number of rotatable bonds is 3. The minimum absolute atomic E-state index is 0.225. The molecule has 25 heavy (non-hydrogen) atoms. The second kappa shape index (κ2) is 6.98. The summed E-state index contributed by atoms with van der Waals surface area (Å²) in [5.74, 6) is -2.28. The van der Waals surface area contributed by atoms with Crippen LogP contribution in [0.25, 0.3) is 0 Å². The second-order valence-corrected chi connectivity index (χ2v) is 8.24. The monoisotopic (exact) mass is 345 g/mol. The van der Waals surface area contributed by atoms with Crippen LogP contribution in [0.2, 0.25) is 0 Å². The van der Waals surface area contributed by atoms with Crippen molar-refractivity contribution in [1.82, 2.24) is 0 Å². The highest BCUT2D eigenvalue weighted by Gasteiger charge is 2.45. The molecule has 0 radical (unpaired) electrons. The summed E-state index contributed by atoms with van der Waals surface area (Å²) in [4.78, 5) is 29.9. The van der Waals surface area contributed by atoms with Crippen molar-refractivity contribution in [2.75, 3.05) is 6.54 Å². The molecule has 0 spiro atoms. The molecule has 1 aromatic rings. The molecule has 1 aliphatic heterocycles. The van der Waals surface area contributed by atoms with Gasteiger partial charge >= 0.3 is 11.9 Å². The van der Waals surface area contributed by atoms with Crippen molar-refractivity contribution >= 4 is 17.7 Å². The fourth-order valence-corrected chi connectivity index (χ4v) is 2.70. The van der Waals surface area contributed by atoms with E-state index in [4.69, 9.17) is 9.47 Å². The van der Waals surface area contributed by atoms with Gasteiger partial charge in [-0.2, -0.15) is 0 Å². The van der Waals surface area contributed by atoms with Gasteiger partial charge in [0.05, 0.1) is 18.2 Å². The van der Waals surface area contributed by atoms with Gasteiger partial charge in [-0.1, -0.05) is 30.3 Å². The standard InChI is InChI=1S/C20H27NO4/c1-19(2,3)24-17(22)14-12-21-16(13-10-8-7-9-11-13)15(14)18(23)25-20(4,5)6/h7-11,14-15H,12H2,1-6H3/t14-,15+/m1/s1. The molecule has 0 aromatic heterocycles. The van der Waals surface area contributed by atoms with Gasteiger partial charge in [0, 0.05) is 0 Å². The summed E-state index contributed by atoms with van der Waals surface area (Å²) in [6.07, 6.45) is 0. The lowest BCUT2D eigenvalue weighted by atomic mass is 9.87. The number of esters is 2. The Bertz CT molecular complexity index is 665. The first-order valence-electron chi connectivity index (χ1n) is 8.53. The van der Waals surface area contributed by atoms with E-state index in [0.717, 1.165) is 5.56 Å². The van der Waals surface area contributed by atoms with E-state index in [1.807, 2.05) is 51.1 Å². The Morgan fingerprint density at radius 1 is 0.920 bits per heavy atom. The van der Waals surface area contributed by atoms with Gasteiger partial charge in [0.2, 0.25) is 0 Å². The lowest BCUT2D eigenvalue weighted by molar-refractivity contribution is -0.169. The summed E-state index contributed by atoms with van der Waals surface area (Å²) in [5, 5.41) is 0. The summed E-state index contributed by atoms with van der Waals surface area (Å²) in [6.45, 7) is 11.1. The van der Waals surface area contributed by atoms with Gasteiger partial charge in [-0.25, -0.2) is 0 Å². The third kappa shape index (κ3) is 5.15. The number of aliphatic imine (C=N–C) groups is 1. The third-order valence-electron chi connectivity index (χ3n) is 3.60. The Morgan fingerprint density at radius 2 is 1.44 bits per heavy atom. The molecule has 0 unspecified atom stereocenters. The van der Waals surface area contributed by atoms with Crippen molar-refractivity contribution in [1.29, 1.82) is 0 Å². The molecule has 5 heteroatoms. The first-order valence-corrected chi connectivity index (χ1v) is 8.53. The highest BCUT2D eigenvalue weighted by molar-refractivity contribution is 6.15. The van der Waals surface area contributed by atoms with Crippen molar-refractivity contribution < 1.29 is 19.1 Å². The lowest BCUT2D eigenvalue weighted by Gasteiger charge is -2.27. The van der Waals surface area contributed by atoms with E-state index in [2.05, 4.69) is 4.99 Å². The molecule has 0 bridgehead atoms. The lowest BCUT2D eigenvalue weighted by Crippen LogP contribution is -2.40. The molecule has 0 saturated carbocycles. The van der Waals surface area contributed by atoms with Crippen LogP contribution in [0.4, 0.5) is 0 Å². The Morgan fingerprint density at radius 3 is 1.96 bits per heavy atom. The van der Waals surface area contributed by atoms with E-state index >= 15 is 0 Å². The van der Waals surface area contributed by atoms with Crippen molar-refractivity contribution in [3.63, 3.8) is 0 Å². The maximum atomic E-state index is 12.8. The largest absolute Gasteiger partial charge is 0.460 e. The van der Waals surface area contributed by atoms with Crippen LogP contribution in [0.3, 0.4) is 0 Å². The smallest absolute Gasteiger partial charge is 0.316 e. The summed E-state index contributed by atoms with van der Waals surface area (Å²) in [6, 6.07) is 9.42. The van der Waals surface area contributed by atoms with Gasteiger partial charge in [0.1, 0.15) is 17.1 Å². The van der Waals surface area contributed by atoms with E-state index in [1.165, 1.54) is 0 Å².